The predicted molar refractivity (Wildman–Crippen MR) is 89.9 cm³/mol. The molecule has 116 valence electrons. The number of hydrogen-bond acceptors (Lipinski definition) is 2. The summed E-state index contributed by atoms with van der Waals surface area (Å²) >= 11 is 0. The largest absolute Gasteiger partial charge is 0.381 e. The van der Waals surface area contributed by atoms with Gasteiger partial charge < -0.3 is 14.3 Å². The van der Waals surface area contributed by atoms with Gasteiger partial charge in [0.1, 0.15) is 0 Å². The first-order valence-corrected chi connectivity index (χ1v) is 8.24. The maximum Gasteiger partial charge on any atom is 0.251 e. The number of H-pyrrole nitrogens is 1. The number of para-hydroxylation sites is 1. The first-order valence-electron chi connectivity index (χ1n) is 8.24. The number of aromatic nitrogens is 2. The second-order valence-electron chi connectivity index (χ2n) is 6.50. The van der Waals surface area contributed by atoms with Gasteiger partial charge in [0.15, 0.2) is 0 Å². The molecule has 2 aromatic heterocycles. The lowest BCUT2D eigenvalue weighted by molar-refractivity contribution is 0.194. The molecule has 1 aromatic carbocycles. The van der Waals surface area contributed by atoms with E-state index in [1.54, 1.807) is 6.07 Å². The fraction of sp³-hybridized carbons (Fsp3) is 0.316. The number of ether oxygens (including phenoxy) is 1. The molecule has 1 fully saturated rings. The molecule has 4 heteroatoms. The minimum absolute atomic E-state index is 0.105. The highest BCUT2D eigenvalue weighted by Crippen LogP contribution is 2.35. The molecule has 1 atom stereocenters. The molecule has 2 aliphatic heterocycles. The lowest BCUT2D eigenvalue weighted by Gasteiger charge is -2.21. The molecule has 0 radical (unpaired) electrons. The smallest absolute Gasteiger partial charge is 0.251 e. The van der Waals surface area contributed by atoms with Gasteiger partial charge in [-0.25, -0.2) is 0 Å². The van der Waals surface area contributed by atoms with Crippen LogP contribution in [0, 0.1) is 0 Å². The normalized spacial score (nSPS) is 19.7. The molecule has 23 heavy (non-hydrogen) atoms. The maximum atomic E-state index is 12.6. The summed E-state index contributed by atoms with van der Waals surface area (Å²) in [5.74, 6) is 0.350. The number of aryl methyl sites for hydroxylation is 1. The lowest BCUT2D eigenvalue weighted by Crippen LogP contribution is -2.26. The van der Waals surface area contributed by atoms with Crippen LogP contribution in [0.25, 0.3) is 22.3 Å². The van der Waals surface area contributed by atoms with Gasteiger partial charge in [-0.3, -0.25) is 4.79 Å². The Bertz CT molecular complexity index is 961. The SMILES string of the molecule is O=c1cc(C2CCOC2)cc2n1CCc1c-2[nH]c2ccccc12. The van der Waals surface area contributed by atoms with Crippen molar-refractivity contribution >= 4 is 10.9 Å². The van der Waals surface area contributed by atoms with E-state index in [0.29, 0.717) is 5.92 Å². The molecule has 4 heterocycles. The van der Waals surface area contributed by atoms with Gasteiger partial charge in [-0.2, -0.15) is 0 Å². The summed E-state index contributed by atoms with van der Waals surface area (Å²) in [5, 5.41) is 1.27. The quantitative estimate of drug-likeness (QED) is 0.751. The zero-order chi connectivity index (χ0) is 15.4. The fourth-order valence-electron chi connectivity index (χ4n) is 3.99. The lowest BCUT2D eigenvalue weighted by atomic mass is 9.95. The Morgan fingerprint density at radius 2 is 2.13 bits per heavy atom. The summed E-state index contributed by atoms with van der Waals surface area (Å²) in [6, 6.07) is 12.4. The molecule has 2 aliphatic rings. The summed E-state index contributed by atoms with van der Waals surface area (Å²) in [6.45, 7) is 2.27. The Morgan fingerprint density at radius 3 is 3.00 bits per heavy atom. The van der Waals surface area contributed by atoms with Crippen molar-refractivity contribution in [2.24, 2.45) is 0 Å². The predicted octanol–water partition coefficient (Wildman–Crippen LogP) is 3.06. The molecule has 5 rings (SSSR count). The van der Waals surface area contributed by atoms with Crippen molar-refractivity contribution in [2.45, 2.75) is 25.3 Å². The van der Waals surface area contributed by atoms with Crippen LogP contribution in [0.1, 0.15) is 23.5 Å². The molecule has 4 nitrogen and oxygen atoms in total. The van der Waals surface area contributed by atoms with Crippen molar-refractivity contribution in [1.29, 1.82) is 0 Å². The van der Waals surface area contributed by atoms with E-state index in [9.17, 15) is 4.79 Å². The third kappa shape index (κ3) is 1.91. The highest BCUT2D eigenvalue weighted by atomic mass is 16.5. The van der Waals surface area contributed by atoms with E-state index in [-0.39, 0.29) is 5.56 Å². The Morgan fingerprint density at radius 1 is 1.22 bits per heavy atom. The average molecular weight is 306 g/mol. The Kier molecular flexibility index (Phi) is 2.76. The van der Waals surface area contributed by atoms with Crippen LogP contribution in [0.2, 0.25) is 0 Å². The monoisotopic (exact) mass is 306 g/mol. The molecule has 1 N–H and O–H groups in total. The number of benzene rings is 1. The van der Waals surface area contributed by atoms with Gasteiger partial charge in [0.2, 0.25) is 0 Å². The number of rotatable bonds is 1. The summed E-state index contributed by atoms with van der Waals surface area (Å²) in [5.41, 5.74) is 5.83. The summed E-state index contributed by atoms with van der Waals surface area (Å²) in [4.78, 5) is 16.1. The van der Waals surface area contributed by atoms with Crippen LogP contribution in [0.15, 0.2) is 41.2 Å². The topological polar surface area (TPSA) is 47.0 Å². The molecule has 3 aromatic rings. The van der Waals surface area contributed by atoms with Crippen LogP contribution in [-0.2, 0) is 17.7 Å². The average Bonchev–Trinajstić information content (AvgIpc) is 3.22. The van der Waals surface area contributed by atoms with Crippen LogP contribution in [-0.4, -0.2) is 22.8 Å². The molecule has 1 saturated heterocycles. The van der Waals surface area contributed by atoms with Crippen molar-refractivity contribution in [3.05, 3.63) is 57.9 Å². The van der Waals surface area contributed by atoms with E-state index in [0.717, 1.165) is 55.1 Å². The van der Waals surface area contributed by atoms with Crippen molar-refractivity contribution in [1.82, 2.24) is 9.55 Å². The van der Waals surface area contributed by atoms with Crippen LogP contribution in [0.5, 0.6) is 0 Å². The highest BCUT2D eigenvalue weighted by molar-refractivity contribution is 5.90. The number of hydrogen-bond donors (Lipinski definition) is 1. The second-order valence-corrected chi connectivity index (χ2v) is 6.50. The number of nitrogens with zero attached hydrogens (tertiary/aromatic N) is 1. The molecule has 0 amide bonds. The minimum atomic E-state index is 0.105. The van der Waals surface area contributed by atoms with Gasteiger partial charge in [-0.15, -0.1) is 0 Å². The van der Waals surface area contributed by atoms with E-state index >= 15 is 0 Å². The van der Waals surface area contributed by atoms with E-state index < -0.39 is 0 Å². The van der Waals surface area contributed by atoms with Crippen LogP contribution >= 0.6 is 0 Å². The number of pyridine rings is 1. The van der Waals surface area contributed by atoms with Gasteiger partial charge in [0, 0.05) is 36.0 Å². The summed E-state index contributed by atoms with van der Waals surface area (Å²) in [7, 11) is 0. The second kappa shape index (κ2) is 4.83. The third-order valence-corrected chi connectivity index (χ3v) is 5.21. The van der Waals surface area contributed by atoms with Gasteiger partial charge >= 0.3 is 0 Å². The van der Waals surface area contributed by atoms with E-state index in [2.05, 4.69) is 29.2 Å². The van der Waals surface area contributed by atoms with Crippen molar-refractivity contribution in [3.63, 3.8) is 0 Å². The van der Waals surface area contributed by atoms with Crippen LogP contribution in [0.4, 0.5) is 0 Å². The van der Waals surface area contributed by atoms with Crippen LogP contribution < -0.4 is 5.56 Å². The molecule has 0 aliphatic carbocycles. The zero-order valence-electron chi connectivity index (χ0n) is 12.8. The number of aromatic amines is 1. The molecule has 0 spiro atoms. The van der Waals surface area contributed by atoms with Crippen molar-refractivity contribution in [2.75, 3.05) is 13.2 Å². The molecule has 0 saturated carbocycles. The van der Waals surface area contributed by atoms with E-state index in [4.69, 9.17) is 4.74 Å². The fourth-order valence-corrected chi connectivity index (χ4v) is 3.99. The van der Waals surface area contributed by atoms with Gasteiger partial charge in [0.25, 0.3) is 5.56 Å². The van der Waals surface area contributed by atoms with E-state index in [1.165, 1.54) is 10.9 Å². The first-order chi connectivity index (χ1) is 11.3. The summed E-state index contributed by atoms with van der Waals surface area (Å²) < 4.78 is 7.40. The Hall–Kier alpha value is -2.33. The minimum Gasteiger partial charge on any atom is -0.381 e. The van der Waals surface area contributed by atoms with Crippen LogP contribution in [0.3, 0.4) is 0 Å². The van der Waals surface area contributed by atoms with Crippen molar-refractivity contribution < 1.29 is 4.74 Å². The van der Waals surface area contributed by atoms with Crippen molar-refractivity contribution in [3.8, 4) is 11.4 Å². The van der Waals surface area contributed by atoms with Gasteiger partial charge in [0.05, 0.1) is 18.0 Å². The highest BCUT2D eigenvalue weighted by Gasteiger charge is 2.25. The number of fused-ring (bicyclic) bond motifs is 5. The zero-order valence-corrected chi connectivity index (χ0v) is 12.8. The molecule has 0 bridgehead atoms. The standard InChI is InChI=1S/C19H18N2O2/c22-18-10-13(12-6-8-23-11-12)9-17-19-15(5-7-21(17)18)14-3-1-2-4-16(14)20-19/h1-4,9-10,12,20H,5-8,11H2. The third-order valence-electron chi connectivity index (χ3n) is 5.21. The summed E-state index contributed by atoms with van der Waals surface area (Å²) in [6.07, 6.45) is 1.90. The maximum absolute atomic E-state index is 12.6. The Labute approximate surface area is 133 Å². The van der Waals surface area contributed by atoms with Gasteiger partial charge in [-0.1, -0.05) is 18.2 Å². The Balaban J connectivity index is 1.75. The molecular formula is C19H18N2O2. The molecular weight excluding hydrogens is 288 g/mol. The first kappa shape index (κ1) is 13.1. The number of nitrogens with one attached hydrogen (secondary N) is 1. The van der Waals surface area contributed by atoms with Gasteiger partial charge in [-0.05, 0) is 36.1 Å². The van der Waals surface area contributed by atoms with E-state index in [1.807, 2.05) is 10.6 Å². The molecule has 1 unspecified atom stereocenters.